The van der Waals surface area contributed by atoms with Crippen molar-refractivity contribution in [3.63, 3.8) is 0 Å². The van der Waals surface area contributed by atoms with E-state index in [2.05, 4.69) is 4.98 Å². The molecule has 2 heterocycles. The minimum Gasteiger partial charge on any atom is -0.480 e. The summed E-state index contributed by atoms with van der Waals surface area (Å²) >= 11 is 2.88. The molecule has 1 saturated heterocycles. The molecule has 22 heavy (non-hydrogen) atoms. The molecular weight excluding hydrogens is 324 g/mol. The highest BCUT2D eigenvalue weighted by molar-refractivity contribution is 8.01. The van der Waals surface area contributed by atoms with Crippen LogP contribution in [-0.4, -0.2) is 58.4 Å². The predicted octanol–water partition coefficient (Wildman–Crippen LogP) is 1.70. The molecule has 0 bridgehead atoms. The fraction of sp³-hybridized carbons (Fsp3) is 0.357. The molecule has 1 aromatic heterocycles. The number of ether oxygens (including phenoxy) is 1. The van der Waals surface area contributed by atoms with E-state index in [1.165, 1.54) is 28.0 Å². The summed E-state index contributed by atoms with van der Waals surface area (Å²) in [5.41, 5.74) is 0.914. The van der Waals surface area contributed by atoms with E-state index < -0.39 is 12.0 Å². The van der Waals surface area contributed by atoms with Gasteiger partial charge in [-0.1, -0.05) is 23.9 Å². The van der Waals surface area contributed by atoms with E-state index in [-0.39, 0.29) is 18.3 Å². The fourth-order valence-electron chi connectivity index (χ4n) is 2.23. The van der Waals surface area contributed by atoms with E-state index in [0.717, 1.165) is 14.6 Å². The molecule has 1 aliphatic rings. The number of carboxylic acid groups (broad SMARTS) is 1. The molecule has 0 spiro atoms. The molecule has 0 radical (unpaired) electrons. The number of fused-ring (bicyclic) bond motifs is 1. The summed E-state index contributed by atoms with van der Waals surface area (Å²) in [6, 6.07) is 6.90. The lowest BCUT2D eigenvalue weighted by Crippen LogP contribution is -2.53. The number of hydrogen-bond acceptors (Lipinski definition) is 6. The van der Waals surface area contributed by atoms with Gasteiger partial charge in [0, 0.05) is 6.54 Å². The van der Waals surface area contributed by atoms with E-state index in [1.807, 2.05) is 24.3 Å². The molecule has 8 heteroatoms. The molecule has 1 aromatic carbocycles. The minimum absolute atomic E-state index is 0.0485. The highest BCUT2D eigenvalue weighted by atomic mass is 32.2. The number of carboxylic acids is 1. The molecule has 116 valence electrons. The van der Waals surface area contributed by atoms with Crippen LogP contribution in [0.15, 0.2) is 28.6 Å². The van der Waals surface area contributed by atoms with E-state index in [0.29, 0.717) is 13.2 Å². The summed E-state index contributed by atoms with van der Waals surface area (Å²) in [4.78, 5) is 29.3. The van der Waals surface area contributed by atoms with Gasteiger partial charge >= 0.3 is 5.97 Å². The average Bonchev–Trinajstić information content (AvgIpc) is 2.95. The quantitative estimate of drug-likeness (QED) is 0.855. The highest BCUT2D eigenvalue weighted by Gasteiger charge is 2.32. The van der Waals surface area contributed by atoms with Gasteiger partial charge in [-0.3, -0.25) is 4.79 Å². The number of nitrogens with zero attached hydrogens (tertiary/aromatic N) is 2. The number of hydrogen-bond donors (Lipinski definition) is 1. The normalized spacial score (nSPS) is 18.5. The number of thiazole rings is 1. The first kappa shape index (κ1) is 15.3. The third-order valence-electron chi connectivity index (χ3n) is 3.33. The SMILES string of the molecule is O=C(O)C1COCCN1C(=O)CSc1nc2ccccc2s1. The Bertz CT molecular complexity index is 670. The van der Waals surface area contributed by atoms with Gasteiger partial charge in [0.1, 0.15) is 0 Å². The van der Waals surface area contributed by atoms with Crippen LogP contribution in [-0.2, 0) is 14.3 Å². The molecule has 0 aliphatic carbocycles. The van der Waals surface area contributed by atoms with Gasteiger partial charge in [-0.2, -0.15) is 0 Å². The first-order chi connectivity index (χ1) is 10.6. The standard InChI is InChI=1S/C14H14N2O4S2/c17-12(16-5-6-20-7-10(16)13(18)19)8-21-14-15-9-3-1-2-4-11(9)22-14/h1-4,10H,5-8H2,(H,18,19). The van der Waals surface area contributed by atoms with Gasteiger partial charge in [0.15, 0.2) is 10.4 Å². The van der Waals surface area contributed by atoms with E-state index in [4.69, 9.17) is 9.84 Å². The number of carbonyl (C=O) groups excluding carboxylic acids is 1. The van der Waals surface area contributed by atoms with Crippen molar-refractivity contribution in [3.8, 4) is 0 Å². The lowest BCUT2D eigenvalue weighted by Gasteiger charge is -2.32. The number of rotatable bonds is 4. The number of thioether (sulfide) groups is 1. The lowest BCUT2D eigenvalue weighted by atomic mass is 10.2. The molecule has 6 nitrogen and oxygen atoms in total. The van der Waals surface area contributed by atoms with Crippen molar-refractivity contribution in [1.82, 2.24) is 9.88 Å². The zero-order valence-electron chi connectivity index (χ0n) is 11.6. The number of para-hydroxylation sites is 1. The van der Waals surface area contributed by atoms with Crippen LogP contribution < -0.4 is 0 Å². The van der Waals surface area contributed by atoms with Crippen LogP contribution in [0.3, 0.4) is 0 Å². The lowest BCUT2D eigenvalue weighted by molar-refractivity contribution is -0.157. The highest BCUT2D eigenvalue weighted by Crippen LogP contribution is 2.29. The van der Waals surface area contributed by atoms with Crippen LogP contribution in [0.25, 0.3) is 10.2 Å². The first-order valence-corrected chi connectivity index (χ1v) is 8.54. The second-order valence-electron chi connectivity index (χ2n) is 4.75. The van der Waals surface area contributed by atoms with Gasteiger partial charge in [-0.25, -0.2) is 9.78 Å². The monoisotopic (exact) mass is 338 g/mol. The van der Waals surface area contributed by atoms with Crippen LogP contribution in [0.4, 0.5) is 0 Å². The topological polar surface area (TPSA) is 79.7 Å². The van der Waals surface area contributed by atoms with Crippen molar-refractivity contribution in [2.24, 2.45) is 0 Å². The van der Waals surface area contributed by atoms with Crippen molar-refractivity contribution in [2.45, 2.75) is 10.4 Å². The van der Waals surface area contributed by atoms with Crippen molar-refractivity contribution >= 4 is 45.2 Å². The van der Waals surface area contributed by atoms with E-state index in [9.17, 15) is 9.59 Å². The molecule has 2 aromatic rings. The summed E-state index contributed by atoms with van der Waals surface area (Å²) in [5.74, 6) is -1.04. The summed E-state index contributed by atoms with van der Waals surface area (Å²) in [6.07, 6.45) is 0. The summed E-state index contributed by atoms with van der Waals surface area (Å²) in [7, 11) is 0. The van der Waals surface area contributed by atoms with Crippen molar-refractivity contribution in [3.05, 3.63) is 24.3 Å². The Balaban J connectivity index is 1.64. The Morgan fingerprint density at radius 3 is 3.05 bits per heavy atom. The molecule has 0 saturated carbocycles. The molecule has 1 N–H and O–H groups in total. The first-order valence-electron chi connectivity index (χ1n) is 6.73. The number of aliphatic carboxylic acids is 1. The van der Waals surface area contributed by atoms with Crippen LogP contribution >= 0.6 is 23.1 Å². The number of aromatic nitrogens is 1. The molecular formula is C14H14N2O4S2. The second kappa shape index (κ2) is 6.64. The Labute approximate surface area is 135 Å². The second-order valence-corrected chi connectivity index (χ2v) is 7.01. The maximum absolute atomic E-state index is 12.3. The maximum atomic E-state index is 12.3. The predicted molar refractivity (Wildman–Crippen MR) is 84.3 cm³/mol. The number of amides is 1. The Hall–Kier alpha value is -1.64. The van der Waals surface area contributed by atoms with Crippen molar-refractivity contribution < 1.29 is 19.4 Å². The van der Waals surface area contributed by atoms with Crippen LogP contribution in [0.5, 0.6) is 0 Å². The van der Waals surface area contributed by atoms with Crippen molar-refractivity contribution in [1.29, 1.82) is 0 Å². The Morgan fingerprint density at radius 2 is 2.27 bits per heavy atom. The largest absolute Gasteiger partial charge is 0.480 e. The van der Waals surface area contributed by atoms with Gasteiger partial charge in [-0.05, 0) is 12.1 Å². The Kier molecular flexibility index (Phi) is 4.60. The molecule has 3 rings (SSSR count). The number of carbonyl (C=O) groups is 2. The van der Waals surface area contributed by atoms with E-state index in [1.54, 1.807) is 0 Å². The molecule has 1 unspecified atom stereocenters. The zero-order valence-corrected chi connectivity index (χ0v) is 13.2. The maximum Gasteiger partial charge on any atom is 0.328 e. The van der Waals surface area contributed by atoms with Crippen LogP contribution in [0.2, 0.25) is 0 Å². The fourth-order valence-corrected chi connectivity index (χ4v) is 4.18. The zero-order chi connectivity index (χ0) is 15.5. The number of benzene rings is 1. The molecule has 1 amide bonds. The van der Waals surface area contributed by atoms with Gasteiger partial charge in [0.05, 0.1) is 29.2 Å². The number of morpholine rings is 1. The minimum atomic E-state index is -1.03. The van der Waals surface area contributed by atoms with Crippen molar-refractivity contribution in [2.75, 3.05) is 25.5 Å². The van der Waals surface area contributed by atoms with Crippen LogP contribution in [0.1, 0.15) is 0 Å². The third-order valence-corrected chi connectivity index (χ3v) is 5.49. The smallest absolute Gasteiger partial charge is 0.328 e. The van der Waals surface area contributed by atoms with E-state index >= 15 is 0 Å². The summed E-state index contributed by atoms with van der Waals surface area (Å²) < 4.78 is 7.03. The van der Waals surface area contributed by atoms with Gasteiger partial charge in [0.2, 0.25) is 5.91 Å². The summed E-state index contributed by atoms with van der Waals surface area (Å²) in [6.45, 7) is 0.740. The van der Waals surface area contributed by atoms with Gasteiger partial charge < -0.3 is 14.7 Å². The molecule has 1 fully saturated rings. The molecule has 1 atom stereocenters. The van der Waals surface area contributed by atoms with Gasteiger partial charge in [-0.15, -0.1) is 11.3 Å². The summed E-state index contributed by atoms with van der Waals surface area (Å²) in [5, 5.41) is 9.15. The average molecular weight is 338 g/mol. The Morgan fingerprint density at radius 1 is 1.45 bits per heavy atom. The molecule has 1 aliphatic heterocycles. The van der Waals surface area contributed by atoms with Gasteiger partial charge in [0.25, 0.3) is 0 Å². The van der Waals surface area contributed by atoms with Crippen LogP contribution in [0, 0.1) is 0 Å². The third kappa shape index (κ3) is 3.23.